The first-order valence-corrected chi connectivity index (χ1v) is 9.18. The molecule has 118 valence electrons. The van der Waals surface area contributed by atoms with E-state index in [1.807, 2.05) is 6.08 Å². The van der Waals surface area contributed by atoms with Crippen LogP contribution in [0.25, 0.3) is 0 Å². The van der Waals surface area contributed by atoms with Crippen LogP contribution in [0.2, 0.25) is 0 Å². The van der Waals surface area contributed by atoms with E-state index < -0.39 is 0 Å². The molecule has 2 fully saturated rings. The highest BCUT2D eigenvalue weighted by Crippen LogP contribution is 2.61. The van der Waals surface area contributed by atoms with Gasteiger partial charge in [-0.2, -0.15) is 0 Å². The molecule has 0 saturated heterocycles. The maximum absolute atomic E-state index is 11.8. The summed E-state index contributed by atoms with van der Waals surface area (Å²) in [5.41, 5.74) is 3.64. The van der Waals surface area contributed by atoms with Crippen molar-refractivity contribution in [3.8, 4) is 0 Å². The van der Waals surface area contributed by atoms with Gasteiger partial charge >= 0.3 is 0 Å². The number of rotatable bonds is 1. The minimum absolute atomic E-state index is 0.354. The topological polar surface area (TPSA) is 17.1 Å². The lowest BCUT2D eigenvalue weighted by Gasteiger charge is -2.46. The molecule has 5 unspecified atom stereocenters. The minimum atomic E-state index is 0.354. The molecule has 4 aliphatic carbocycles. The minimum Gasteiger partial charge on any atom is -0.295 e. The molecule has 0 aromatic rings. The molecule has 0 heterocycles. The number of fused-ring (bicyclic) bond motifs is 4. The molecule has 0 radical (unpaired) electrons. The van der Waals surface area contributed by atoms with Crippen molar-refractivity contribution in [2.24, 2.45) is 29.1 Å². The number of allylic oxidation sites excluding steroid dienone is 5. The van der Waals surface area contributed by atoms with Gasteiger partial charge in [0.25, 0.3) is 0 Å². The molecule has 5 atom stereocenters. The fraction of sp³-hybridized carbons (Fsp3) is 0.667. The van der Waals surface area contributed by atoms with Crippen LogP contribution < -0.4 is 0 Å². The van der Waals surface area contributed by atoms with Crippen LogP contribution >= 0.6 is 0 Å². The Balaban J connectivity index is 1.66. The number of ketones is 1. The lowest BCUT2D eigenvalue weighted by Crippen LogP contribution is -2.37. The van der Waals surface area contributed by atoms with Gasteiger partial charge in [0.05, 0.1) is 0 Å². The van der Waals surface area contributed by atoms with Crippen LogP contribution in [0.3, 0.4) is 0 Å². The van der Waals surface area contributed by atoms with Crippen molar-refractivity contribution in [3.63, 3.8) is 0 Å². The third-order valence-corrected chi connectivity index (χ3v) is 7.37. The second kappa shape index (κ2) is 5.22. The van der Waals surface area contributed by atoms with Gasteiger partial charge in [0, 0.05) is 6.42 Å². The van der Waals surface area contributed by atoms with Crippen molar-refractivity contribution < 1.29 is 4.79 Å². The van der Waals surface area contributed by atoms with Gasteiger partial charge in [-0.05, 0) is 80.1 Å². The van der Waals surface area contributed by atoms with Crippen molar-refractivity contribution in [2.75, 3.05) is 0 Å². The van der Waals surface area contributed by atoms with Crippen LogP contribution in [0.4, 0.5) is 0 Å². The van der Waals surface area contributed by atoms with Crippen LogP contribution in [0, 0.1) is 29.1 Å². The number of hydrogen-bond donors (Lipinski definition) is 0. The molecule has 0 amide bonds. The van der Waals surface area contributed by atoms with E-state index in [4.69, 9.17) is 0 Å². The van der Waals surface area contributed by atoms with E-state index >= 15 is 0 Å². The van der Waals surface area contributed by atoms with Crippen molar-refractivity contribution in [1.82, 2.24) is 0 Å². The first-order chi connectivity index (χ1) is 10.6. The van der Waals surface area contributed by atoms with Gasteiger partial charge in [-0.15, -0.1) is 6.58 Å². The van der Waals surface area contributed by atoms with E-state index in [2.05, 4.69) is 25.7 Å². The first-order valence-electron chi connectivity index (χ1n) is 9.18. The summed E-state index contributed by atoms with van der Waals surface area (Å²) < 4.78 is 0. The number of carbonyl (C=O) groups is 1. The molecule has 2 saturated carbocycles. The third-order valence-electron chi connectivity index (χ3n) is 7.37. The van der Waals surface area contributed by atoms with Crippen LogP contribution in [-0.4, -0.2) is 5.78 Å². The van der Waals surface area contributed by atoms with E-state index in [0.717, 1.165) is 31.1 Å². The smallest absolute Gasteiger partial charge is 0.155 e. The predicted molar refractivity (Wildman–Crippen MR) is 90.4 cm³/mol. The summed E-state index contributed by atoms with van der Waals surface area (Å²) in [6.45, 7) is 6.63. The van der Waals surface area contributed by atoms with E-state index in [-0.39, 0.29) is 0 Å². The van der Waals surface area contributed by atoms with Gasteiger partial charge in [0.15, 0.2) is 5.78 Å². The summed E-state index contributed by atoms with van der Waals surface area (Å²) >= 11 is 0. The SMILES string of the molecule is C=CC1CCC2C3CCC4=CC(=O)CCC4C=C3CCC12C. The summed E-state index contributed by atoms with van der Waals surface area (Å²) in [5.74, 6) is 3.24. The van der Waals surface area contributed by atoms with Gasteiger partial charge in [-0.1, -0.05) is 30.2 Å². The molecule has 1 heteroatoms. The molecule has 4 aliphatic rings. The highest BCUT2D eigenvalue weighted by Gasteiger charge is 2.51. The zero-order valence-corrected chi connectivity index (χ0v) is 13.8. The van der Waals surface area contributed by atoms with E-state index in [1.54, 1.807) is 5.57 Å². The van der Waals surface area contributed by atoms with Crippen molar-refractivity contribution >= 4 is 5.78 Å². The van der Waals surface area contributed by atoms with Crippen molar-refractivity contribution in [3.05, 3.63) is 36.0 Å². The predicted octanol–water partition coefficient (Wildman–Crippen LogP) is 5.24. The summed E-state index contributed by atoms with van der Waals surface area (Å²) in [6.07, 6.45) is 16.3. The van der Waals surface area contributed by atoms with Crippen molar-refractivity contribution in [1.29, 1.82) is 0 Å². The highest BCUT2D eigenvalue weighted by molar-refractivity contribution is 5.91. The summed E-state index contributed by atoms with van der Waals surface area (Å²) in [4.78, 5) is 11.8. The van der Waals surface area contributed by atoms with Crippen LogP contribution in [0.15, 0.2) is 36.0 Å². The molecule has 0 aromatic carbocycles. The Morgan fingerprint density at radius 2 is 2.00 bits per heavy atom. The molecular formula is C21H28O. The molecule has 0 N–H and O–H groups in total. The Morgan fingerprint density at radius 3 is 2.82 bits per heavy atom. The Kier molecular flexibility index (Phi) is 3.43. The molecule has 0 aliphatic heterocycles. The largest absolute Gasteiger partial charge is 0.295 e. The molecule has 4 rings (SSSR count). The Morgan fingerprint density at radius 1 is 1.14 bits per heavy atom. The third kappa shape index (κ3) is 2.08. The Hall–Kier alpha value is -1.11. The molecule has 0 aromatic heterocycles. The standard InChI is InChI=1S/C21H28O/c1-3-17-6-9-20-19-8-5-15-13-18(22)7-4-14(15)12-16(19)10-11-21(17,20)2/h3,12-14,17,19-20H,1,4-11H2,2H3. The maximum Gasteiger partial charge on any atom is 0.155 e. The molecule has 0 bridgehead atoms. The normalized spacial score (nSPS) is 44.1. The van der Waals surface area contributed by atoms with Gasteiger partial charge in [0.1, 0.15) is 0 Å². The van der Waals surface area contributed by atoms with Gasteiger partial charge in [0.2, 0.25) is 0 Å². The fourth-order valence-corrected chi connectivity index (χ4v) is 6.06. The first kappa shape index (κ1) is 14.5. The van der Waals surface area contributed by atoms with Gasteiger partial charge in [-0.25, -0.2) is 0 Å². The molecule has 1 nitrogen and oxygen atoms in total. The summed E-state index contributed by atoms with van der Waals surface area (Å²) in [6, 6.07) is 0. The maximum atomic E-state index is 11.8. The Labute approximate surface area is 134 Å². The summed E-state index contributed by atoms with van der Waals surface area (Å²) in [5, 5.41) is 0. The number of carbonyl (C=O) groups excluding carboxylic acids is 1. The lowest BCUT2D eigenvalue weighted by molar-refractivity contribution is -0.115. The monoisotopic (exact) mass is 296 g/mol. The highest BCUT2D eigenvalue weighted by atomic mass is 16.1. The average Bonchev–Trinajstić information content (AvgIpc) is 2.73. The van der Waals surface area contributed by atoms with Gasteiger partial charge in [-0.3, -0.25) is 4.79 Å². The summed E-state index contributed by atoms with van der Waals surface area (Å²) in [7, 11) is 0. The second-order valence-electron chi connectivity index (χ2n) is 8.25. The molecule has 0 spiro atoms. The molecule has 22 heavy (non-hydrogen) atoms. The van der Waals surface area contributed by atoms with E-state index in [1.165, 1.54) is 37.7 Å². The molecular weight excluding hydrogens is 268 g/mol. The fourth-order valence-electron chi connectivity index (χ4n) is 6.06. The van der Waals surface area contributed by atoms with E-state index in [9.17, 15) is 4.79 Å². The average molecular weight is 296 g/mol. The number of hydrogen-bond acceptors (Lipinski definition) is 1. The van der Waals surface area contributed by atoms with Gasteiger partial charge < -0.3 is 0 Å². The lowest BCUT2D eigenvalue weighted by atomic mass is 9.59. The van der Waals surface area contributed by atoms with Crippen molar-refractivity contribution in [2.45, 2.75) is 58.3 Å². The van der Waals surface area contributed by atoms with Crippen LogP contribution in [0.5, 0.6) is 0 Å². The zero-order valence-electron chi connectivity index (χ0n) is 13.8. The van der Waals surface area contributed by atoms with Crippen LogP contribution in [0.1, 0.15) is 58.3 Å². The quantitative estimate of drug-likeness (QED) is 0.605. The Bertz CT molecular complexity index is 566. The van der Waals surface area contributed by atoms with Crippen LogP contribution in [-0.2, 0) is 4.79 Å². The van der Waals surface area contributed by atoms with E-state index in [0.29, 0.717) is 23.0 Å². The second-order valence-corrected chi connectivity index (χ2v) is 8.25. The zero-order chi connectivity index (χ0) is 15.3.